The van der Waals surface area contributed by atoms with Crippen molar-refractivity contribution >= 4 is 28.6 Å². The number of carbonyl (C=O) groups excluding carboxylic acids is 3. The highest BCUT2D eigenvalue weighted by Gasteiger charge is 2.45. The van der Waals surface area contributed by atoms with E-state index in [0.717, 1.165) is 17.3 Å². The summed E-state index contributed by atoms with van der Waals surface area (Å²) in [4.78, 5) is 39.8. The number of fused-ring (bicyclic) bond motifs is 3. The van der Waals surface area contributed by atoms with E-state index in [1.165, 1.54) is 16.0 Å². The fourth-order valence-electron chi connectivity index (χ4n) is 4.23. The number of benzene rings is 2. The number of nitrogens with one attached hydrogen (secondary N) is 2. The Morgan fingerprint density at radius 2 is 1.78 bits per heavy atom. The van der Waals surface area contributed by atoms with Crippen LogP contribution in [-0.2, 0) is 22.6 Å². The average Bonchev–Trinajstić information content (AvgIpc) is 3.15. The molecule has 2 aromatic carbocycles. The maximum absolute atomic E-state index is 13.1. The lowest BCUT2D eigenvalue weighted by Gasteiger charge is -2.41. The number of para-hydroxylation sites is 1. The van der Waals surface area contributed by atoms with Crippen LogP contribution >= 0.6 is 0 Å². The lowest BCUT2D eigenvalue weighted by Crippen LogP contribution is -2.63. The van der Waals surface area contributed by atoms with E-state index < -0.39 is 5.54 Å². The predicted molar refractivity (Wildman–Crippen MR) is 123 cm³/mol. The van der Waals surface area contributed by atoms with Gasteiger partial charge in [-0.05, 0) is 43.5 Å². The Hall–Kier alpha value is -3.61. The van der Waals surface area contributed by atoms with Crippen LogP contribution in [0.3, 0.4) is 0 Å². The van der Waals surface area contributed by atoms with Gasteiger partial charge in [-0.25, -0.2) is 0 Å². The summed E-state index contributed by atoms with van der Waals surface area (Å²) in [5, 5.41) is 6.52. The highest BCUT2D eigenvalue weighted by atomic mass is 16.2. The summed E-state index contributed by atoms with van der Waals surface area (Å²) >= 11 is 0. The van der Waals surface area contributed by atoms with Crippen LogP contribution in [0.25, 0.3) is 10.9 Å². The molecule has 0 fully saturated rings. The smallest absolute Gasteiger partial charge is 0.271 e. The van der Waals surface area contributed by atoms with Crippen molar-refractivity contribution < 1.29 is 14.4 Å². The summed E-state index contributed by atoms with van der Waals surface area (Å²) in [7, 11) is 1.63. The van der Waals surface area contributed by atoms with Crippen molar-refractivity contribution in [3.8, 4) is 0 Å². The Labute approximate surface area is 187 Å². The van der Waals surface area contributed by atoms with Gasteiger partial charge >= 0.3 is 0 Å². The molecule has 1 aromatic heterocycles. The zero-order chi connectivity index (χ0) is 22.9. The van der Waals surface area contributed by atoms with Gasteiger partial charge in [-0.15, -0.1) is 0 Å². The quantitative estimate of drug-likeness (QED) is 0.627. The number of hydrogen-bond donors (Lipinski definition) is 2. The van der Waals surface area contributed by atoms with Crippen LogP contribution in [0.4, 0.5) is 0 Å². The molecule has 7 nitrogen and oxygen atoms in total. The molecule has 166 valence electrons. The van der Waals surface area contributed by atoms with Gasteiger partial charge in [-0.2, -0.15) is 0 Å². The first-order valence-corrected chi connectivity index (χ1v) is 10.8. The van der Waals surface area contributed by atoms with Crippen LogP contribution in [0.1, 0.15) is 28.5 Å². The molecule has 2 heterocycles. The Morgan fingerprint density at radius 3 is 2.56 bits per heavy atom. The predicted octanol–water partition coefficient (Wildman–Crippen LogP) is 2.27. The molecule has 4 rings (SSSR count). The van der Waals surface area contributed by atoms with E-state index in [2.05, 4.69) is 10.6 Å². The van der Waals surface area contributed by atoms with E-state index in [9.17, 15) is 14.4 Å². The number of nitrogens with zero attached hydrogens (tertiary/aromatic N) is 2. The van der Waals surface area contributed by atoms with Gasteiger partial charge in [0.05, 0.1) is 13.1 Å². The SMILES string of the molecule is Cc1ccccc1CCNC(=O)CNC(=O)C1(C)Cn2c(cc3ccccc32)C(=O)N1C. The summed E-state index contributed by atoms with van der Waals surface area (Å²) in [6.07, 6.45) is 0.727. The van der Waals surface area contributed by atoms with E-state index in [0.29, 0.717) is 18.8 Å². The zero-order valence-electron chi connectivity index (χ0n) is 18.6. The van der Waals surface area contributed by atoms with E-state index in [1.54, 1.807) is 14.0 Å². The van der Waals surface area contributed by atoms with Gasteiger partial charge in [0, 0.05) is 24.5 Å². The number of rotatable bonds is 6. The molecule has 0 aliphatic carbocycles. The molecule has 2 N–H and O–H groups in total. The van der Waals surface area contributed by atoms with E-state index in [-0.39, 0.29) is 24.3 Å². The fourth-order valence-corrected chi connectivity index (χ4v) is 4.23. The van der Waals surface area contributed by atoms with Crippen LogP contribution in [0.2, 0.25) is 0 Å². The topological polar surface area (TPSA) is 83.4 Å². The molecule has 0 saturated heterocycles. The molecule has 0 spiro atoms. The van der Waals surface area contributed by atoms with Crippen LogP contribution < -0.4 is 10.6 Å². The lowest BCUT2D eigenvalue weighted by atomic mass is 9.95. The molecule has 0 bridgehead atoms. The second-order valence-electron chi connectivity index (χ2n) is 8.52. The Bertz CT molecular complexity index is 1200. The largest absolute Gasteiger partial charge is 0.354 e. The minimum absolute atomic E-state index is 0.135. The summed E-state index contributed by atoms with van der Waals surface area (Å²) < 4.78 is 1.89. The van der Waals surface area contributed by atoms with Gasteiger partial charge in [-0.1, -0.05) is 42.5 Å². The number of hydrogen-bond acceptors (Lipinski definition) is 3. The first-order chi connectivity index (χ1) is 15.3. The summed E-state index contributed by atoms with van der Waals surface area (Å²) in [5.41, 5.74) is 2.74. The normalized spacial score (nSPS) is 17.8. The van der Waals surface area contributed by atoms with Gasteiger partial charge in [-0.3, -0.25) is 14.4 Å². The molecule has 1 unspecified atom stereocenters. The Morgan fingerprint density at radius 1 is 1.06 bits per heavy atom. The highest BCUT2D eigenvalue weighted by Crippen LogP contribution is 2.31. The second kappa shape index (κ2) is 8.49. The summed E-state index contributed by atoms with van der Waals surface area (Å²) in [5.74, 6) is -0.828. The van der Waals surface area contributed by atoms with Gasteiger partial charge in [0.25, 0.3) is 5.91 Å². The molecule has 7 heteroatoms. The third kappa shape index (κ3) is 3.86. The molecule has 0 saturated carbocycles. The highest BCUT2D eigenvalue weighted by molar-refractivity contribution is 6.03. The van der Waals surface area contributed by atoms with Crippen molar-refractivity contribution in [2.45, 2.75) is 32.4 Å². The van der Waals surface area contributed by atoms with Crippen LogP contribution in [0, 0.1) is 6.92 Å². The second-order valence-corrected chi connectivity index (χ2v) is 8.52. The van der Waals surface area contributed by atoms with Crippen LogP contribution in [-0.4, -0.2) is 52.9 Å². The molecule has 0 radical (unpaired) electrons. The standard InChI is InChI=1S/C25H28N4O3/c1-17-8-4-5-9-18(17)12-13-26-22(30)15-27-24(32)25(2)16-29-20-11-7-6-10-19(20)14-21(29)23(31)28(25)3/h4-11,14H,12-13,15-16H2,1-3H3,(H,26,30)(H,27,32). The average molecular weight is 433 g/mol. The maximum atomic E-state index is 13.1. The molecule has 1 atom stereocenters. The van der Waals surface area contributed by atoms with E-state index in [1.807, 2.05) is 66.1 Å². The minimum atomic E-state index is -1.10. The first kappa shape index (κ1) is 21.6. The Kier molecular flexibility index (Phi) is 5.74. The van der Waals surface area contributed by atoms with Crippen molar-refractivity contribution in [2.24, 2.45) is 0 Å². The first-order valence-electron chi connectivity index (χ1n) is 10.8. The van der Waals surface area contributed by atoms with Gasteiger partial charge < -0.3 is 20.1 Å². The molecule has 32 heavy (non-hydrogen) atoms. The number of aryl methyl sites for hydroxylation is 1. The molecular formula is C25H28N4O3. The van der Waals surface area contributed by atoms with Crippen molar-refractivity contribution in [1.82, 2.24) is 20.1 Å². The van der Waals surface area contributed by atoms with Crippen molar-refractivity contribution in [3.05, 3.63) is 71.4 Å². The number of likely N-dealkylation sites (N-methyl/N-ethyl adjacent to an activating group) is 1. The van der Waals surface area contributed by atoms with Crippen LogP contribution in [0.5, 0.6) is 0 Å². The molecule has 3 amide bonds. The maximum Gasteiger partial charge on any atom is 0.271 e. The Balaban J connectivity index is 1.39. The lowest BCUT2D eigenvalue weighted by molar-refractivity contribution is -0.134. The van der Waals surface area contributed by atoms with Crippen LogP contribution in [0.15, 0.2) is 54.6 Å². The summed E-state index contributed by atoms with van der Waals surface area (Å²) in [6, 6.07) is 17.6. The van der Waals surface area contributed by atoms with E-state index >= 15 is 0 Å². The monoisotopic (exact) mass is 432 g/mol. The number of aromatic nitrogens is 1. The fraction of sp³-hybridized carbons (Fsp3) is 0.320. The third-order valence-corrected chi connectivity index (χ3v) is 6.42. The third-order valence-electron chi connectivity index (χ3n) is 6.42. The van der Waals surface area contributed by atoms with Crippen molar-refractivity contribution in [1.29, 1.82) is 0 Å². The zero-order valence-corrected chi connectivity index (χ0v) is 18.6. The molecule has 1 aliphatic rings. The summed E-state index contributed by atoms with van der Waals surface area (Å²) in [6.45, 7) is 4.45. The van der Waals surface area contributed by atoms with E-state index in [4.69, 9.17) is 0 Å². The van der Waals surface area contributed by atoms with Gasteiger partial charge in [0.2, 0.25) is 11.8 Å². The molecule has 1 aliphatic heterocycles. The van der Waals surface area contributed by atoms with Crippen molar-refractivity contribution in [3.63, 3.8) is 0 Å². The number of amides is 3. The molecular weight excluding hydrogens is 404 g/mol. The number of carbonyl (C=O) groups is 3. The van der Waals surface area contributed by atoms with Crippen molar-refractivity contribution in [2.75, 3.05) is 20.1 Å². The molecule has 3 aromatic rings. The van der Waals surface area contributed by atoms with Gasteiger partial charge in [0.15, 0.2) is 0 Å². The minimum Gasteiger partial charge on any atom is -0.354 e. The van der Waals surface area contributed by atoms with Gasteiger partial charge in [0.1, 0.15) is 11.2 Å².